The molecule has 0 amide bonds. The molecular formula is C13H31N3. The van der Waals surface area contributed by atoms with E-state index in [2.05, 4.69) is 29.4 Å². The third kappa shape index (κ3) is 10.4. The Morgan fingerprint density at radius 2 is 1.50 bits per heavy atom. The van der Waals surface area contributed by atoms with Crippen LogP contribution in [0.15, 0.2) is 0 Å². The summed E-state index contributed by atoms with van der Waals surface area (Å²) in [4.78, 5) is 2.57. The van der Waals surface area contributed by atoms with Crippen molar-refractivity contribution < 1.29 is 0 Å². The highest BCUT2D eigenvalue weighted by Crippen LogP contribution is 1.98. The van der Waals surface area contributed by atoms with E-state index in [0.29, 0.717) is 0 Å². The Balaban J connectivity index is 3.29. The predicted octanol–water partition coefficient (Wildman–Crippen LogP) is 1.70. The van der Waals surface area contributed by atoms with Crippen molar-refractivity contribution in [1.29, 1.82) is 0 Å². The quantitative estimate of drug-likeness (QED) is 0.499. The molecule has 16 heavy (non-hydrogen) atoms. The minimum absolute atomic E-state index is 1.10. The van der Waals surface area contributed by atoms with Gasteiger partial charge in [0.05, 0.1) is 0 Å². The molecule has 0 saturated carbocycles. The molecule has 0 fully saturated rings. The number of hydrogen-bond donors (Lipinski definition) is 2. The normalized spacial score (nSPS) is 11.2. The van der Waals surface area contributed by atoms with Gasteiger partial charge in [-0.05, 0) is 72.0 Å². The molecule has 0 aromatic heterocycles. The molecule has 0 unspecified atom stereocenters. The van der Waals surface area contributed by atoms with E-state index in [-0.39, 0.29) is 0 Å². The van der Waals surface area contributed by atoms with Gasteiger partial charge in [-0.25, -0.2) is 0 Å². The molecule has 0 aliphatic carbocycles. The van der Waals surface area contributed by atoms with Gasteiger partial charge in [0.1, 0.15) is 0 Å². The molecule has 0 aromatic carbocycles. The molecule has 0 aromatic rings. The highest BCUT2D eigenvalue weighted by atomic mass is 15.1. The molecule has 3 heteroatoms. The first-order valence-corrected chi connectivity index (χ1v) is 6.92. The lowest BCUT2D eigenvalue weighted by molar-refractivity contribution is 0.275. The lowest BCUT2D eigenvalue weighted by Crippen LogP contribution is -2.27. The van der Waals surface area contributed by atoms with Crippen LogP contribution in [0.5, 0.6) is 0 Å². The van der Waals surface area contributed by atoms with E-state index in [1.54, 1.807) is 0 Å². The summed E-state index contributed by atoms with van der Waals surface area (Å²) >= 11 is 0. The molecule has 0 spiro atoms. The van der Waals surface area contributed by atoms with E-state index >= 15 is 0 Å². The zero-order chi connectivity index (χ0) is 12.1. The van der Waals surface area contributed by atoms with E-state index in [1.165, 1.54) is 51.9 Å². The number of nitrogens with zero attached hydrogens (tertiary/aromatic N) is 1. The monoisotopic (exact) mass is 229 g/mol. The first-order chi connectivity index (χ1) is 7.85. The molecule has 0 heterocycles. The predicted molar refractivity (Wildman–Crippen MR) is 73.1 cm³/mol. The Hall–Kier alpha value is -0.120. The van der Waals surface area contributed by atoms with Crippen molar-refractivity contribution in [3.8, 4) is 0 Å². The summed E-state index contributed by atoms with van der Waals surface area (Å²) in [5, 5.41) is 6.57. The van der Waals surface area contributed by atoms with E-state index in [9.17, 15) is 0 Å². The van der Waals surface area contributed by atoms with Crippen molar-refractivity contribution in [1.82, 2.24) is 15.5 Å². The average molecular weight is 229 g/mol. The fraction of sp³-hybridized carbons (Fsp3) is 1.00. The van der Waals surface area contributed by atoms with Crippen LogP contribution in [-0.2, 0) is 0 Å². The zero-order valence-corrected chi connectivity index (χ0v) is 11.5. The van der Waals surface area contributed by atoms with Crippen molar-refractivity contribution in [2.75, 3.05) is 46.3 Å². The van der Waals surface area contributed by atoms with Crippen LogP contribution in [0, 0.1) is 0 Å². The van der Waals surface area contributed by atoms with Crippen LogP contribution in [0.4, 0.5) is 0 Å². The molecule has 0 atom stereocenters. The molecule has 0 saturated heterocycles. The number of hydrogen-bond acceptors (Lipinski definition) is 3. The van der Waals surface area contributed by atoms with Crippen LogP contribution in [0.1, 0.15) is 39.5 Å². The zero-order valence-electron chi connectivity index (χ0n) is 11.5. The molecule has 2 N–H and O–H groups in total. The fourth-order valence-corrected chi connectivity index (χ4v) is 1.83. The third-order valence-corrected chi connectivity index (χ3v) is 2.93. The molecule has 0 aliphatic rings. The maximum atomic E-state index is 3.37. The summed E-state index contributed by atoms with van der Waals surface area (Å²) in [6.45, 7) is 11.6. The molecule has 0 bridgehead atoms. The summed E-state index contributed by atoms with van der Waals surface area (Å²) in [5.41, 5.74) is 0. The van der Waals surface area contributed by atoms with E-state index in [0.717, 1.165) is 13.1 Å². The van der Waals surface area contributed by atoms with E-state index in [4.69, 9.17) is 0 Å². The van der Waals surface area contributed by atoms with Crippen LogP contribution in [0.2, 0.25) is 0 Å². The van der Waals surface area contributed by atoms with Crippen LogP contribution in [0.3, 0.4) is 0 Å². The van der Waals surface area contributed by atoms with Gasteiger partial charge >= 0.3 is 0 Å². The van der Waals surface area contributed by atoms with Gasteiger partial charge in [-0.15, -0.1) is 0 Å². The van der Waals surface area contributed by atoms with Crippen molar-refractivity contribution in [2.45, 2.75) is 39.5 Å². The summed E-state index contributed by atoms with van der Waals surface area (Å²) in [6, 6.07) is 0. The van der Waals surface area contributed by atoms with Gasteiger partial charge < -0.3 is 15.5 Å². The first kappa shape index (κ1) is 15.9. The fourth-order valence-electron chi connectivity index (χ4n) is 1.83. The lowest BCUT2D eigenvalue weighted by Gasteiger charge is -2.20. The summed E-state index contributed by atoms with van der Waals surface area (Å²) in [6.07, 6.45) is 5.25. The molecule has 3 nitrogen and oxygen atoms in total. The molecular weight excluding hydrogens is 198 g/mol. The third-order valence-electron chi connectivity index (χ3n) is 2.93. The van der Waals surface area contributed by atoms with Gasteiger partial charge in [-0.2, -0.15) is 0 Å². The second kappa shape index (κ2) is 12.9. The topological polar surface area (TPSA) is 27.3 Å². The summed E-state index contributed by atoms with van der Waals surface area (Å²) < 4.78 is 0. The Morgan fingerprint density at radius 3 is 2.00 bits per heavy atom. The van der Waals surface area contributed by atoms with Crippen LogP contribution < -0.4 is 10.6 Å². The first-order valence-electron chi connectivity index (χ1n) is 6.92. The lowest BCUT2D eigenvalue weighted by atomic mass is 10.2. The van der Waals surface area contributed by atoms with Gasteiger partial charge in [0, 0.05) is 0 Å². The van der Waals surface area contributed by atoms with Crippen molar-refractivity contribution in [2.24, 2.45) is 0 Å². The molecule has 0 radical (unpaired) electrons. The highest BCUT2D eigenvalue weighted by molar-refractivity contribution is 4.57. The molecule has 0 aliphatic heterocycles. The summed E-state index contributed by atoms with van der Waals surface area (Å²) in [5.74, 6) is 0. The van der Waals surface area contributed by atoms with Crippen molar-refractivity contribution >= 4 is 0 Å². The Bertz CT molecular complexity index is 128. The number of rotatable bonds is 12. The standard InChI is InChI=1S/C13H31N3/c1-4-15-11-7-9-13-16(5-2)12-8-6-10-14-3/h14-15H,4-13H2,1-3H3. The second-order valence-corrected chi connectivity index (χ2v) is 4.31. The minimum Gasteiger partial charge on any atom is -0.320 e. The SMILES string of the molecule is CCNCCCCN(CC)CCCCNC. The largest absolute Gasteiger partial charge is 0.320 e. The number of unbranched alkanes of at least 4 members (excludes halogenated alkanes) is 2. The van der Waals surface area contributed by atoms with Gasteiger partial charge in [0.2, 0.25) is 0 Å². The van der Waals surface area contributed by atoms with Crippen LogP contribution in [0.25, 0.3) is 0 Å². The van der Waals surface area contributed by atoms with Gasteiger partial charge in [0.15, 0.2) is 0 Å². The molecule has 0 rings (SSSR count). The van der Waals surface area contributed by atoms with Crippen LogP contribution in [-0.4, -0.2) is 51.2 Å². The highest BCUT2D eigenvalue weighted by Gasteiger charge is 2.00. The van der Waals surface area contributed by atoms with Gasteiger partial charge in [-0.1, -0.05) is 13.8 Å². The Labute approximate surface area is 102 Å². The Kier molecular flexibility index (Phi) is 12.9. The summed E-state index contributed by atoms with van der Waals surface area (Å²) in [7, 11) is 2.03. The second-order valence-electron chi connectivity index (χ2n) is 4.31. The van der Waals surface area contributed by atoms with Crippen LogP contribution >= 0.6 is 0 Å². The van der Waals surface area contributed by atoms with Gasteiger partial charge in [0.25, 0.3) is 0 Å². The van der Waals surface area contributed by atoms with Crippen molar-refractivity contribution in [3.63, 3.8) is 0 Å². The van der Waals surface area contributed by atoms with Crippen molar-refractivity contribution in [3.05, 3.63) is 0 Å². The average Bonchev–Trinajstić information content (AvgIpc) is 2.31. The minimum atomic E-state index is 1.10. The Morgan fingerprint density at radius 1 is 0.875 bits per heavy atom. The maximum Gasteiger partial charge on any atom is -0.00184 e. The maximum absolute atomic E-state index is 3.37. The molecule has 98 valence electrons. The smallest absolute Gasteiger partial charge is 0.00184 e. The van der Waals surface area contributed by atoms with Gasteiger partial charge in [-0.3, -0.25) is 0 Å². The van der Waals surface area contributed by atoms with E-state index in [1.807, 2.05) is 7.05 Å². The van der Waals surface area contributed by atoms with E-state index < -0.39 is 0 Å². The number of nitrogens with one attached hydrogen (secondary N) is 2.